The number of ether oxygens (including phenoxy) is 1. The molecule has 1 N–H and O–H groups in total. The third kappa shape index (κ3) is 3.65. The Morgan fingerprint density at radius 1 is 1.07 bits per heavy atom. The number of para-hydroxylation sites is 1. The molecular formula is C21H15ClN2O2S. The summed E-state index contributed by atoms with van der Waals surface area (Å²) in [5.41, 5.74) is 2.71. The van der Waals surface area contributed by atoms with Crippen molar-refractivity contribution in [3.63, 3.8) is 0 Å². The van der Waals surface area contributed by atoms with Crippen molar-refractivity contribution in [2.45, 2.75) is 0 Å². The number of fused-ring (bicyclic) bond motifs is 1. The fraction of sp³-hybridized carbons (Fsp3) is 0.0476. The molecule has 4 aromatic rings. The van der Waals surface area contributed by atoms with Gasteiger partial charge in [-0.25, -0.2) is 4.98 Å². The van der Waals surface area contributed by atoms with Gasteiger partial charge in [-0.05, 0) is 36.4 Å². The zero-order valence-electron chi connectivity index (χ0n) is 14.4. The van der Waals surface area contributed by atoms with Crippen LogP contribution < -0.4 is 10.1 Å². The lowest BCUT2D eigenvalue weighted by atomic mass is 10.1. The number of nitrogens with one attached hydrogen (secondary N) is 1. The summed E-state index contributed by atoms with van der Waals surface area (Å²) in [5, 5.41) is 3.74. The Hall–Kier alpha value is -2.89. The highest BCUT2D eigenvalue weighted by atomic mass is 35.5. The number of pyridine rings is 1. The van der Waals surface area contributed by atoms with Gasteiger partial charge in [0.15, 0.2) is 0 Å². The van der Waals surface area contributed by atoms with Crippen molar-refractivity contribution in [3.05, 3.63) is 76.6 Å². The van der Waals surface area contributed by atoms with Gasteiger partial charge in [0.2, 0.25) is 0 Å². The summed E-state index contributed by atoms with van der Waals surface area (Å²) in [4.78, 5) is 18.6. The maximum absolute atomic E-state index is 13.0. The average molecular weight is 395 g/mol. The highest BCUT2D eigenvalue weighted by molar-refractivity contribution is 7.19. The molecule has 4 rings (SSSR count). The van der Waals surface area contributed by atoms with E-state index in [-0.39, 0.29) is 5.91 Å². The van der Waals surface area contributed by atoms with Gasteiger partial charge in [0.05, 0.1) is 33.1 Å². The molecule has 27 heavy (non-hydrogen) atoms. The Balaban J connectivity index is 1.78. The second-order valence-electron chi connectivity index (χ2n) is 5.86. The molecule has 0 spiro atoms. The number of carbonyl (C=O) groups excluding carboxylic acids is 1. The lowest BCUT2D eigenvalue weighted by molar-refractivity contribution is 0.102. The molecule has 0 aliphatic heterocycles. The first kappa shape index (κ1) is 17.5. The van der Waals surface area contributed by atoms with E-state index in [9.17, 15) is 4.79 Å². The second-order valence-corrected chi connectivity index (χ2v) is 7.58. The molecule has 2 aromatic heterocycles. The van der Waals surface area contributed by atoms with E-state index in [1.165, 1.54) is 11.3 Å². The molecule has 2 aromatic carbocycles. The van der Waals surface area contributed by atoms with Gasteiger partial charge in [0, 0.05) is 17.1 Å². The van der Waals surface area contributed by atoms with Crippen molar-refractivity contribution in [1.29, 1.82) is 0 Å². The Kier molecular flexibility index (Phi) is 4.79. The van der Waals surface area contributed by atoms with Gasteiger partial charge in [0.1, 0.15) is 5.75 Å². The van der Waals surface area contributed by atoms with Crippen LogP contribution in [0.1, 0.15) is 10.4 Å². The number of aromatic nitrogens is 1. The van der Waals surface area contributed by atoms with Gasteiger partial charge in [0.25, 0.3) is 5.91 Å². The fourth-order valence-electron chi connectivity index (χ4n) is 2.84. The van der Waals surface area contributed by atoms with Crippen LogP contribution in [0.15, 0.2) is 66.7 Å². The normalized spacial score (nSPS) is 10.7. The van der Waals surface area contributed by atoms with Crippen molar-refractivity contribution in [2.75, 3.05) is 12.4 Å². The number of amides is 1. The van der Waals surface area contributed by atoms with Crippen molar-refractivity contribution in [1.82, 2.24) is 4.98 Å². The van der Waals surface area contributed by atoms with Crippen LogP contribution in [0.2, 0.25) is 4.34 Å². The minimum atomic E-state index is -0.203. The van der Waals surface area contributed by atoms with Crippen LogP contribution >= 0.6 is 22.9 Å². The number of rotatable bonds is 4. The molecule has 6 heteroatoms. The standard InChI is InChI=1S/C21H15ClN2O2S/c1-26-14-6-4-5-13(11-14)23-21(25)16-12-18(19-9-10-20(22)27-19)24-17-8-3-2-7-15(16)17/h2-12H,1H3,(H,23,25). The number of nitrogens with zero attached hydrogens (tertiary/aromatic N) is 1. The van der Waals surface area contributed by atoms with Crippen LogP contribution in [0.5, 0.6) is 5.75 Å². The molecule has 0 aliphatic carbocycles. The van der Waals surface area contributed by atoms with Gasteiger partial charge in [-0.3, -0.25) is 4.79 Å². The van der Waals surface area contributed by atoms with Gasteiger partial charge in [-0.15, -0.1) is 11.3 Å². The van der Waals surface area contributed by atoms with Crippen molar-refractivity contribution < 1.29 is 9.53 Å². The van der Waals surface area contributed by atoms with Gasteiger partial charge >= 0.3 is 0 Å². The lowest BCUT2D eigenvalue weighted by Crippen LogP contribution is -2.13. The molecule has 4 nitrogen and oxygen atoms in total. The number of hydrogen-bond donors (Lipinski definition) is 1. The molecule has 1 amide bonds. The Morgan fingerprint density at radius 2 is 1.93 bits per heavy atom. The molecule has 0 fully saturated rings. The van der Waals surface area contributed by atoms with Crippen molar-refractivity contribution in [2.24, 2.45) is 0 Å². The first-order chi connectivity index (χ1) is 13.1. The smallest absolute Gasteiger partial charge is 0.256 e. The predicted molar refractivity (Wildman–Crippen MR) is 111 cm³/mol. The van der Waals surface area contributed by atoms with Gasteiger partial charge in [-0.2, -0.15) is 0 Å². The summed E-state index contributed by atoms with van der Waals surface area (Å²) in [5.74, 6) is 0.479. The SMILES string of the molecule is COc1cccc(NC(=O)c2cc(-c3ccc(Cl)s3)nc3ccccc23)c1. The summed E-state index contributed by atoms with van der Waals surface area (Å²) in [7, 11) is 1.59. The van der Waals surface area contributed by atoms with E-state index < -0.39 is 0 Å². The topological polar surface area (TPSA) is 51.2 Å². The minimum absolute atomic E-state index is 0.203. The summed E-state index contributed by atoms with van der Waals surface area (Å²) in [6.45, 7) is 0. The molecule has 0 saturated heterocycles. The van der Waals surface area contributed by atoms with Crippen LogP contribution in [0.4, 0.5) is 5.69 Å². The van der Waals surface area contributed by atoms with Crippen molar-refractivity contribution in [3.8, 4) is 16.3 Å². The Morgan fingerprint density at radius 3 is 2.70 bits per heavy atom. The van der Waals surface area contributed by atoms with E-state index in [1.807, 2.05) is 54.6 Å². The van der Waals surface area contributed by atoms with Crippen LogP contribution in [0.25, 0.3) is 21.5 Å². The van der Waals surface area contributed by atoms with E-state index in [2.05, 4.69) is 10.3 Å². The zero-order chi connectivity index (χ0) is 18.8. The first-order valence-electron chi connectivity index (χ1n) is 8.25. The van der Waals surface area contributed by atoms with E-state index >= 15 is 0 Å². The number of halogens is 1. The quantitative estimate of drug-likeness (QED) is 0.470. The minimum Gasteiger partial charge on any atom is -0.497 e. The number of benzene rings is 2. The number of carbonyl (C=O) groups is 1. The fourth-order valence-corrected chi connectivity index (χ4v) is 3.84. The number of hydrogen-bond acceptors (Lipinski definition) is 4. The largest absolute Gasteiger partial charge is 0.497 e. The number of methoxy groups -OCH3 is 1. The number of thiophene rings is 1. The summed E-state index contributed by atoms with van der Waals surface area (Å²) in [6, 6.07) is 20.4. The third-order valence-electron chi connectivity index (χ3n) is 4.11. The molecule has 134 valence electrons. The van der Waals surface area contributed by atoms with Gasteiger partial charge in [-0.1, -0.05) is 35.9 Å². The zero-order valence-corrected chi connectivity index (χ0v) is 16.0. The third-order valence-corrected chi connectivity index (χ3v) is 5.37. The molecule has 0 unspecified atom stereocenters. The average Bonchev–Trinajstić information content (AvgIpc) is 3.13. The maximum Gasteiger partial charge on any atom is 0.256 e. The molecule has 0 radical (unpaired) electrons. The molecule has 2 heterocycles. The first-order valence-corrected chi connectivity index (χ1v) is 9.44. The van der Waals surface area contributed by atoms with Crippen LogP contribution in [-0.2, 0) is 0 Å². The monoisotopic (exact) mass is 394 g/mol. The predicted octanol–water partition coefficient (Wildman–Crippen LogP) is 5.88. The van der Waals surface area contributed by atoms with Gasteiger partial charge < -0.3 is 10.1 Å². The Labute approximate surface area is 165 Å². The maximum atomic E-state index is 13.0. The number of anilines is 1. The molecule has 0 saturated carbocycles. The highest BCUT2D eigenvalue weighted by Gasteiger charge is 2.15. The van der Waals surface area contributed by atoms with E-state index in [1.54, 1.807) is 19.2 Å². The molecule has 0 atom stereocenters. The summed E-state index contributed by atoms with van der Waals surface area (Å²) < 4.78 is 5.90. The van der Waals surface area contributed by atoms with E-state index in [0.29, 0.717) is 21.3 Å². The molecule has 0 bridgehead atoms. The van der Waals surface area contributed by atoms with Crippen LogP contribution in [0.3, 0.4) is 0 Å². The molecular weight excluding hydrogens is 380 g/mol. The Bertz CT molecular complexity index is 1140. The summed E-state index contributed by atoms with van der Waals surface area (Å²) >= 11 is 7.50. The van der Waals surface area contributed by atoms with Crippen LogP contribution in [-0.4, -0.2) is 18.0 Å². The summed E-state index contributed by atoms with van der Waals surface area (Å²) in [6.07, 6.45) is 0. The second kappa shape index (κ2) is 7.39. The van der Waals surface area contributed by atoms with E-state index in [4.69, 9.17) is 16.3 Å². The van der Waals surface area contributed by atoms with Crippen molar-refractivity contribution >= 4 is 45.4 Å². The molecule has 0 aliphatic rings. The lowest BCUT2D eigenvalue weighted by Gasteiger charge is -2.10. The van der Waals surface area contributed by atoms with Crippen LogP contribution in [0, 0.1) is 0 Å². The highest BCUT2D eigenvalue weighted by Crippen LogP contribution is 2.32. The van der Waals surface area contributed by atoms with E-state index in [0.717, 1.165) is 21.5 Å².